The molecular weight excluding hydrogens is 427 g/mol. The number of oxazole rings is 1. The molecule has 3 aromatic rings. The van der Waals surface area contributed by atoms with Gasteiger partial charge in [-0.05, 0) is 31.4 Å². The van der Waals surface area contributed by atoms with Crippen LogP contribution in [0, 0.1) is 6.92 Å². The van der Waals surface area contributed by atoms with E-state index in [9.17, 15) is 18.0 Å². The van der Waals surface area contributed by atoms with E-state index in [2.05, 4.69) is 20.3 Å². The summed E-state index contributed by atoms with van der Waals surface area (Å²) in [5, 5.41) is 2.71. The fourth-order valence-electron chi connectivity index (χ4n) is 3.54. The Labute approximate surface area is 181 Å². The monoisotopic (exact) mass is 447 g/mol. The molecule has 0 radical (unpaired) electrons. The van der Waals surface area contributed by atoms with Crippen LogP contribution in [-0.4, -0.2) is 34.5 Å². The Morgan fingerprint density at radius 1 is 1.31 bits per heavy atom. The van der Waals surface area contributed by atoms with Crippen LogP contribution in [0.25, 0.3) is 0 Å². The number of rotatable bonds is 5. The molecule has 32 heavy (non-hydrogen) atoms. The van der Waals surface area contributed by atoms with Crippen LogP contribution in [0.5, 0.6) is 5.75 Å². The van der Waals surface area contributed by atoms with Gasteiger partial charge in [-0.2, -0.15) is 13.2 Å². The summed E-state index contributed by atoms with van der Waals surface area (Å²) in [7, 11) is 1.47. The van der Waals surface area contributed by atoms with Crippen LogP contribution in [0.15, 0.2) is 35.2 Å². The van der Waals surface area contributed by atoms with E-state index >= 15 is 0 Å². The maximum atomic E-state index is 12.8. The first-order valence-electron chi connectivity index (χ1n) is 9.82. The Morgan fingerprint density at radius 2 is 2.12 bits per heavy atom. The number of hydrogen-bond donors (Lipinski definition) is 1. The first-order valence-corrected chi connectivity index (χ1v) is 9.82. The lowest BCUT2D eigenvalue weighted by Crippen LogP contribution is -2.30. The number of ether oxygens (including phenoxy) is 1. The van der Waals surface area contributed by atoms with E-state index < -0.39 is 17.8 Å². The predicted octanol–water partition coefficient (Wildman–Crippen LogP) is 4.01. The SMILES string of the molecule is COc1cc2c(nc1NC(=O)c1ncoc1C)CCCN2Cc1ccc(C(F)(F)F)nc1. The van der Waals surface area contributed by atoms with Gasteiger partial charge in [0, 0.05) is 25.4 Å². The second kappa shape index (κ2) is 8.48. The third-order valence-electron chi connectivity index (χ3n) is 5.13. The number of aromatic nitrogens is 3. The normalized spacial score (nSPS) is 13.6. The number of halogens is 3. The molecule has 0 unspecified atom stereocenters. The summed E-state index contributed by atoms with van der Waals surface area (Å²) in [6, 6.07) is 4.16. The molecule has 1 amide bonds. The molecule has 0 spiro atoms. The number of nitrogens with zero attached hydrogens (tertiary/aromatic N) is 4. The van der Waals surface area contributed by atoms with Gasteiger partial charge in [0.1, 0.15) is 11.5 Å². The van der Waals surface area contributed by atoms with Crippen molar-refractivity contribution in [3.63, 3.8) is 0 Å². The summed E-state index contributed by atoms with van der Waals surface area (Å²) in [4.78, 5) is 26.5. The van der Waals surface area contributed by atoms with Crippen molar-refractivity contribution in [2.45, 2.75) is 32.5 Å². The van der Waals surface area contributed by atoms with E-state index in [4.69, 9.17) is 9.15 Å². The summed E-state index contributed by atoms with van der Waals surface area (Å²) in [5.74, 6) is 0.536. The van der Waals surface area contributed by atoms with Gasteiger partial charge in [-0.15, -0.1) is 0 Å². The van der Waals surface area contributed by atoms with Gasteiger partial charge >= 0.3 is 6.18 Å². The molecular formula is C21H20F3N5O3. The van der Waals surface area contributed by atoms with Crippen molar-refractivity contribution in [1.82, 2.24) is 15.0 Å². The number of carbonyl (C=O) groups excluding carboxylic acids is 1. The molecule has 3 aromatic heterocycles. The van der Waals surface area contributed by atoms with Crippen molar-refractivity contribution < 1.29 is 27.1 Å². The number of amides is 1. The van der Waals surface area contributed by atoms with Crippen LogP contribution in [0.4, 0.5) is 24.7 Å². The zero-order valence-electron chi connectivity index (χ0n) is 17.4. The third kappa shape index (κ3) is 4.36. The number of nitrogens with one attached hydrogen (secondary N) is 1. The van der Waals surface area contributed by atoms with Crippen molar-refractivity contribution >= 4 is 17.4 Å². The average Bonchev–Trinajstić information content (AvgIpc) is 3.19. The second-order valence-corrected chi connectivity index (χ2v) is 7.29. The average molecular weight is 447 g/mol. The lowest BCUT2D eigenvalue weighted by Gasteiger charge is -2.31. The number of methoxy groups -OCH3 is 1. The van der Waals surface area contributed by atoms with Gasteiger partial charge in [-0.1, -0.05) is 6.07 Å². The summed E-state index contributed by atoms with van der Waals surface area (Å²) in [6.45, 7) is 2.70. The Hall–Kier alpha value is -3.63. The fourth-order valence-corrected chi connectivity index (χ4v) is 3.54. The van der Waals surface area contributed by atoms with E-state index in [1.54, 1.807) is 13.0 Å². The number of alkyl halides is 3. The molecule has 0 saturated heterocycles. The van der Waals surface area contributed by atoms with Crippen LogP contribution >= 0.6 is 0 Å². The lowest BCUT2D eigenvalue weighted by atomic mass is 10.1. The Morgan fingerprint density at radius 3 is 2.75 bits per heavy atom. The number of carbonyl (C=O) groups is 1. The van der Waals surface area contributed by atoms with Crippen molar-refractivity contribution in [2.75, 3.05) is 23.9 Å². The Balaban J connectivity index is 1.58. The molecule has 0 bridgehead atoms. The highest BCUT2D eigenvalue weighted by molar-refractivity contribution is 6.03. The Kier molecular flexibility index (Phi) is 5.72. The van der Waals surface area contributed by atoms with E-state index in [0.29, 0.717) is 36.6 Å². The summed E-state index contributed by atoms with van der Waals surface area (Å²) in [5.41, 5.74) is 1.42. The molecule has 168 valence electrons. The zero-order chi connectivity index (χ0) is 22.9. The standard InChI is InChI=1S/C21H20F3N5O3/c1-12-18(26-11-32-12)20(30)28-19-16(31-2)8-15-14(27-19)4-3-7-29(15)10-13-5-6-17(25-9-13)21(22,23)24/h5-6,8-9,11H,3-4,7,10H2,1-2H3,(H,27,28,30). The molecule has 1 aliphatic rings. The number of pyridine rings is 2. The number of aryl methyl sites for hydroxylation is 2. The van der Waals surface area contributed by atoms with Gasteiger partial charge in [0.2, 0.25) is 0 Å². The van der Waals surface area contributed by atoms with E-state index in [0.717, 1.165) is 23.9 Å². The van der Waals surface area contributed by atoms with Crippen molar-refractivity contribution in [2.24, 2.45) is 0 Å². The first kappa shape index (κ1) is 21.6. The number of fused-ring (bicyclic) bond motifs is 1. The summed E-state index contributed by atoms with van der Waals surface area (Å²) >= 11 is 0. The Bertz CT molecular complexity index is 1130. The molecule has 0 atom stereocenters. The molecule has 0 aromatic carbocycles. The molecule has 4 heterocycles. The molecule has 1 N–H and O–H groups in total. The minimum atomic E-state index is -4.47. The van der Waals surface area contributed by atoms with Crippen LogP contribution in [0.1, 0.15) is 39.6 Å². The molecule has 8 nitrogen and oxygen atoms in total. The van der Waals surface area contributed by atoms with Crippen molar-refractivity contribution in [3.05, 3.63) is 59.2 Å². The first-order chi connectivity index (χ1) is 15.3. The summed E-state index contributed by atoms with van der Waals surface area (Å²) < 4.78 is 48.8. The molecule has 0 saturated carbocycles. The van der Waals surface area contributed by atoms with Crippen LogP contribution in [0.3, 0.4) is 0 Å². The minimum absolute atomic E-state index is 0.156. The van der Waals surface area contributed by atoms with E-state index in [-0.39, 0.29) is 11.5 Å². The largest absolute Gasteiger partial charge is 0.493 e. The van der Waals surface area contributed by atoms with Crippen molar-refractivity contribution in [1.29, 1.82) is 0 Å². The molecule has 11 heteroatoms. The van der Waals surface area contributed by atoms with Crippen LogP contribution in [0.2, 0.25) is 0 Å². The van der Waals surface area contributed by atoms with Crippen molar-refractivity contribution in [3.8, 4) is 5.75 Å². The zero-order valence-corrected chi connectivity index (χ0v) is 17.4. The summed E-state index contributed by atoms with van der Waals surface area (Å²) in [6.07, 6.45) is -0.561. The molecule has 0 fully saturated rings. The second-order valence-electron chi connectivity index (χ2n) is 7.29. The topological polar surface area (TPSA) is 93.4 Å². The quantitative estimate of drug-likeness (QED) is 0.632. The fraction of sp³-hybridized carbons (Fsp3) is 0.333. The predicted molar refractivity (Wildman–Crippen MR) is 109 cm³/mol. The van der Waals surface area contributed by atoms with E-state index in [1.165, 1.54) is 25.8 Å². The van der Waals surface area contributed by atoms with Gasteiger partial charge in [0.25, 0.3) is 5.91 Å². The van der Waals surface area contributed by atoms with Crippen LogP contribution in [-0.2, 0) is 19.1 Å². The highest BCUT2D eigenvalue weighted by atomic mass is 19.4. The van der Waals surface area contributed by atoms with Gasteiger partial charge in [-0.25, -0.2) is 9.97 Å². The highest BCUT2D eigenvalue weighted by Crippen LogP contribution is 2.35. The smallest absolute Gasteiger partial charge is 0.433 e. The molecule has 4 rings (SSSR count). The van der Waals surface area contributed by atoms with Gasteiger partial charge in [-0.3, -0.25) is 9.78 Å². The lowest BCUT2D eigenvalue weighted by molar-refractivity contribution is -0.141. The number of anilines is 2. The third-order valence-corrected chi connectivity index (χ3v) is 5.13. The highest BCUT2D eigenvalue weighted by Gasteiger charge is 2.32. The number of hydrogen-bond acceptors (Lipinski definition) is 7. The van der Waals surface area contributed by atoms with Gasteiger partial charge in [0.15, 0.2) is 23.7 Å². The minimum Gasteiger partial charge on any atom is -0.493 e. The van der Waals surface area contributed by atoms with Crippen LogP contribution < -0.4 is 15.0 Å². The van der Waals surface area contributed by atoms with E-state index in [1.807, 2.05) is 4.90 Å². The van der Waals surface area contributed by atoms with Gasteiger partial charge < -0.3 is 19.4 Å². The molecule has 1 aliphatic heterocycles. The van der Waals surface area contributed by atoms with Gasteiger partial charge in [0.05, 0.1) is 18.5 Å². The molecule has 0 aliphatic carbocycles. The maximum Gasteiger partial charge on any atom is 0.433 e. The maximum absolute atomic E-state index is 12.8.